The van der Waals surface area contributed by atoms with Crippen molar-refractivity contribution in [1.82, 2.24) is 0 Å². The van der Waals surface area contributed by atoms with Gasteiger partial charge in [0.25, 0.3) is 0 Å². The Kier molecular flexibility index (Phi) is 4.04. The lowest BCUT2D eigenvalue weighted by atomic mass is 9.97. The maximum Gasteiger partial charge on any atom is 0.128 e. The molecule has 2 heterocycles. The van der Waals surface area contributed by atoms with Gasteiger partial charge < -0.3 is 14.6 Å². The third-order valence-electron chi connectivity index (χ3n) is 4.14. The van der Waals surface area contributed by atoms with E-state index in [1.54, 1.807) is 0 Å². The van der Waals surface area contributed by atoms with E-state index < -0.39 is 6.10 Å². The highest BCUT2D eigenvalue weighted by atomic mass is 16.5. The molecule has 1 aromatic rings. The van der Waals surface area contributed by atoms with E-state index >= 15 is 0 Å². The van der Waals surface area contributed by atoms with Crippen LogP contribution in [0.3, 0.4) is 0 Å². The molecule has 1 saturated heterocycles. The third-order valence-corrected chi connectivity index (χ3v) is 4.14. The summed E-state index contributed by atoms with van der Waals surface area (Å²) in [6, 6.07) is 6.09. The summed E-state index contributed by atoms with van der Waals surface area (Å²) in [5, 5.41) is 10.4. The van der Waals surface area contributed by atoms with E-state index in [0.29, 0.717) is 6.10 Å². The van der Waals surface area contributed by atoms with Crippen LogP contribution in [0.5, 0.6) is 5.75 Å². The molecule has 0 amide bonds. The molecule has 3 nitrogen and oxygen atoms in total. The number of ether oxygens (including phenoxy) is 2. The summed E-state index contributed by atoms with van der Waals surface area (Å²) in [7, 11) is 0. The molecule has 2 aliphatic heterocycles. The molecule has 0 aromatic heterocycles. The van der Waals surface area contributed by atoms with Crippen molar-refractivity contribution in [2.75, 3.05) is 13.2 Å². The molecule has 19 heavy (non-hydrogen) atoms. The number of aliphatic hydroxyl groups excluding tert-OH is 1. The molecule has 0 spiro atoms. The molecule has 104 valence electrons. The van der Waals surface area contributed by atoms with Gasteiger partial charge in [-0.1, -0.05) is 18.2 Å². The smallest absolute Gasteiger partial charge is 0.128 e. The topological polar surface area (TPSA) is 38.7 Å². The molecule has 2 atom stereocenters. The van der Waals surface area contributed by atoms with Gasteiger partial charge in [0.2, 0.25) is 0 Å². The minimum atomic E-state index is -0.432. The number of rotatable bonds is 4. The van der Waals surface area contributed by atoms with Gasteiger partial charge in [-0.25, -0.2) is 0 Å². The number of aliphatic hydroxyl groups is 1. The molecule has 2 aliphatic rings. The van der Waals surface area contributed by atoms with Gasteiger partial charge in [-0.2, -0.15) is 0 Å². The molecule has 0 radical (unpaired) electrons. The van der Waals surface area contributed by atoms with Crippen LogP contribution in [0.25, 0.3) is 0 Å². The molecule has 0 aliphatic carbocycles. The van der Waals surface area contributed by atoms with Crippen molar-refractivity contribution < 1.29 is 14.6 Å². The Bertz CT molecular complexity index is 424. The summed E-state index contributed by atoms with van der Waals surface area (Å²) in [6.45, 7) is 1.62. The summed E-state index contributed by atoms with van der Waals surface area (Å²) >= 11 is 0. The van der Waals surface area contributed by atoms with E-state index in [1.807, 2.05) is 12.1 Å². The lowest BCUT2D eigenvalue weighted by Gasteiger charge is -2.24. The fourth-order valence-electron chi connectivity index (χ4n) is 3.04. The molecule has 1 aromatic carbocycles. The highest BCUT2D eigenvalue weighted by Gasteiger charge is 2.22. The lowest BCUT2D eigenvalue weighted by molar-refractivity contribution is 0.00198. The monoisotopic (exact) mass is 262 g/mol. The average molecular weight is 262 g/mol. The molecule has 2 unspecified atom stereocenters. The zero-order chi connectivity index (χ0) is 13.1. The Morgan fingerprint density at radius 1 is 1.26 bits per heavy atom. The van der Waals surface area contributed by atoms with Crippen molar-refractivity contribution in [3.63, 3.8) is 0 Å². The Balaban J connectivity index is 1.61. The van der Waals surface area contributed by atoms with E-state index in [0.717, 1.165) is 50.2 Å². The Morgan fingerprint density at radius 2 is 2.21 bits per heavy atom. The Hall–Kier alpha value is -1.06. The van der Waals surface area contributed by atoms with E-state index in [4.69, 9.17) is 9.47 Å². The summed E-state index contributed by atoms with van der Waals surface area (Å²) in [6.07, 6.45) is 6.12. The van der Waals surface area contributed by atoms with Crippen molar-refractivity contribution >= 4 is 0 Å². The second-order valence-electron chi connectivity index (χ2n) is 5.52. The summed E-state index contributed by atoms with van der Waals surface area (Å²) in [4.78, 5) is 0. The van der Waals surface area contributed by atoms with Crippen molar-refractivity contribution in [1.29, 1.82) is 0 Å². The Morgan fingerprint density at radius 3 is 3.05 bits per heavy atom. The van der Waals surface area contributed by atoms with Crippen molar-refractivity contribution in [2.45, 2.75) is 50.7 Å². The molecular weight excluding hydrogens is 240 g/mol. The first kappa shape index (κ1) is 12.9. The summed E-state index contributed by atoms with van der Waals surface area (Å²) < 4.78 is 11.4. The van der Waals surface area contributed by atoms with Crippen LogP contribution in [0.4, 0.5) is 0 Å². The standard InChI is InChI=1S/C16H22O3/c17-15(8-7-13-5-1-2-10-18-13)14-6-3-4-12-9-11-19-16(12)14/h3-4,6,13,15,17H,1-2,5,7-11H2. The normalized spacial score (nSPS) is 23.7. The second kappa shape index (κ2) is 5.93. The number of fused-ring (bicyclic) bond motifs is 1. The van der Waals surface area contributed by atoms with Gasteiger partial charge in [0.05, 0.1) is 18.8 Å². The number of benzene rings is 1. The minimum absolute atomic E-state index is 0.334. The fourth-order valence-corrected chi connectivity index (χ4v) is 3.04. The number of para-hydroxylation sites is 1. The van der Waals surface area contributed by atoms with Crippen LogP contribution in [0.15, 0.2) is 18.2 Å². The van der Waals surface area contributed by atoms with Crippen molar-refractivity contribution in [2.24, 2.45) is 0 Å². The molecule has 0 bridgehead atoms. The van der Waals surface area contributed by atoms with E-state index in [2.05, 4.69) is 6.07 Å². The molecule has 1 N–H and O–H groups in total. The molecule has 1 fully saturated rings. The van der Waals surface area contributed by atoms with E-state index in [-0.39, 0.29) is 0 Å². The molecule has 0 saturated carbocycles. The number of hydrogen-bond donors (Lipinski definition) is 1. The van der Waals surface area contributed by atoms with Crippen LogP contribution in [-0.4, -0.2) is 24.4 Å². The highest BCUT2D eigenvalue weighted by Crippen LogP contribution is 2.35. The van der Waals surface area contributed by atoms with Gasteiger partial charge in [0, 0.05) is 18.6 Å². The van der Waals surface area contributed by atoms with Crippen LogP contribution in [-0.2, 0) is 11.2 Å². The van der Waals surface area contributed by atoms with E-state index in [9.17, 15) is 5.11 Å². The van der Waals surface area contributed by atoms with Crippen molar-refractivity contribution in [3.8, 4) is 5.75 Å². The van der Waals surface area contributed by atoms with Gasteiger partial charge in [-0.05, 0) is 37.7 Å². The molecule has 3 rings (SSSR count). The van der Waals surface area contributed by atoms with Crippen LogP contribution >= 0.6 is 0 Å². The minimum Gasteiger partial charge on any atom is -0.493 e. The fraction of sp³-hybridized carbons (Fsp3) is 0.625. The maximum atomic E-state index is 10.4. The number of hydrogen-bond acceptors (Lipinski definition) is 3. The summed E-state index contributed by atoms with van der Waals surface area (Å²) in [5.74, 6) is 0.916. The van der Waals surface area contributed by atoms with Gasteiger partial charge in [-0.3, -0.25) is 0 Å². The van der Waals surface area contributed by atoms with Gasteiger partial charge in [0.15, 0.2) is 0 Å². The maximum absolute atomic E-state index is 10.4. The van der Waals surface area contributed by atoms with Gasteiger partial charge in [0.1, 0.15) is 5.75 Å². The van der Waals surface area contributed by atoms with Crippen LogP contribution < -0.4 is 4.74 Å². The molecule has 3 heteroatoms. The van der Waals surface area contributed by atoms with Gasteiger partial charge in [-0.15, -0.1) is 0 Å². The third kappa shape index (κ3) is 2.93. The Labute approximate surface area is 114 Å². The predicted molar refractivity (Wildman–Crippen MR) is 73.4 cm³/mol. The lowest BCUT2D eigenvalue weighted by Crippen LogP contribution is -2.19. The highest BCUT2D eigenvalue weighted by molar-refractivity contribution is 5.45. The average Bonchev–Trinajstić information content (AvgIpc) is 2.94. The summed E-state index contributed by atoms with van der Waals surface area (Å²) in [5.41, 5.74) is 2.18. The van der Waals surface area contributed by atoms with Crippen molar-refractivity contribution in [3.05, 3.63) is 29.3 Å². The molecular formula is C16H22O3. The first-order valence-electron chi connectivity index (χ1n) is 7.39. The zero-order valence-corrected chi connectivity index (χ0v) is 11.3. The predicted octanol–water partition coefficient (Wildman–Crippen LogP) is 3.00. The first-order chi connectivity index (χ1) is 9.34. The SMILES string of the molecule is OC(CCC1CCCCO1)c1cccc2c1OCC2. The zero-order valence-electron chi connectivity index (χ0n) is 11.3. The second-order valence-corrected chi connectivity index (χ2v) is 5.52. The van der Waals surface area contributed by atoms with Crippen LogP contribution in [0, 0.1) is 0 Å². The quantitative estimate of drug-likeness (QED) is 0.906. The van der Waals surface area contributed by atoms with E-state index in [1.165, 1.54) is 18.4 Å². The van der Waals surface area contributed by atoms with Crippen LogP contribution in [0.2, 0.25) is 0 Å². The van der Waals surface area contributed by atoms with Crippen LogP contribution in [0.1, 0.15) is 49.3 Å². The van der Waals surface area contributed by atoms with Gasteiger partial charge >= 0.3 is 0 Å². The largest absolute Gasteiger partial charge is 0.493 e. The first-order valence-corrected chi connectivity index (χ1v) is 7.39.